The maximum absolute atomic E-state index is 13.5. The van der Waals surface area contributed by atoms with Crippen LogP contribution in [0.5, 0.6) is 0 Å². The van der Waals surface area contributed by atoms with E-state index in [9.17, 15) is 19.2 Å². The van der Waals surface area contributed by atoms with Gasteiger partial charge in [-0.2, -0.15) is 0 Å². The summed E-state index contributed by atoms with van der Waals surface area (Å²) >= 11 is 0. The molecule has 1 saturated heterocycles. The van der Waals surface area contributed by atoms with Crippen molar-refractivity contribution in [1.29, 1.82) is 5.41 Å². The second-order valence-electron chi connectivity index (χ2n) is 8.95. The quantitative estimate of drug-likeness (QED) is 0.210. The van der Waals surface area contributed by atoms with Crippen LogP contribution in [0.2, 0.25) is 0 Å². The number of hydrogen-bond donors (Lipinski definition) is 4. The number of carbonyl (C=O) groups excluding carboxylic acids is 3. The van der Waals surface area contributed by atoms with Gasteiger partial charge in [0.1, 0.15) is 18.9 Å². The molecule has 0 bridgehead atoms. The number of guanidine groups is 1. The monoisotopic (exact) mass is 534 g/mol. The minimum absolute atomic E-state index is 0.0310. The first-order valence-corrected chi connectivity index (χ1v) is 12.6. The second kappa shape index (κ2) is 15.4. The SMILES string of the molecule is CCCCN(CCC(=O)O)C(=O)[C@H](CC(=O)N(C)C1CN(C(=N)N)CCO1)NC(=O)OCc1ccccc1. The molecule has 0 aromatic heterocycles. The predicted octanol–water partition coefficient (Wildman–Crippen LogP) is 0.785. The number of aliphatic carboxylic acids is 1. The van der Waals surface area contributed by atoms with E-state index in [1.165, 1.54) is 16.8 Å². The van der Waals surface area contributed by atoms with Gasteiger partial charge in [-0.1, -0.05) is 43.7 Å². The molecule has 1 aromatic rings. The number of alkyl carbamates (subject to hydrolysis) is 1. The zero-order valence-electron chi connectivity index (χ0n) is 21.9. The van der Waals surface area contributed by atoms with Gasteiger partial charge in [-0.05, 0) is 12.0 Å². The van der Waals surface area contributed by atoms with Crippen molar-refractivity contribution in [3.8, 4) is 0 Å². The molecule has 1 aliphatic rings. The number of morpholine rings is 1. The first kappa shape index (κ1) is 30.4. The van der Waals surface area contributed by atoms with Crippen molar-refractivity contribution in [2.24, 2.45) is 5.73 Å². The summed E-state index contributed by atoms with van der Waals surface area (Å²) in [6, 6.07) is 7.70. The van der Waals surface area contributed by atoms with Gasteiger partial charge in [-0.3, -0.25) is 19.8 Å². The summed E-state index contributed by atoms with van der Waals surface area (Å²) in [5.74, 6) is -2.27. The summed E-state index contributed by atoms with van der Waals surface area (Å²) in [6.07, 6.45) is -0.865. The number of carbonyl (C=O) groups is 4. The fraction of sp³-hybridized carbons (Fsp3) is 0.560. The first-order valence-electron chi connectivity index (χ1n) is 12.6. The van der Waals surface area contributed by atoms with Gasteiger partial charge in [-0.15, -0.1) is 0 Å². The summed E-state index contributed by atoms with van der Waals surface area (Å²) in [4.78, 5) is 54.6. The molecule has 0 spiro atoms. The topological polar surface area (TPSA) is 179 Å². The second-order valence-corrected chi connectivity index (χ2v) is 8.95. The molecule has 5 N–H and O–H groups in total. The Balaban J connectivity index is 2.15. The molecule has 0 aliphatic carbocycles. The number of benzene rings is 1. The van der Waals surface area contributed by atoms with Gasteiger partial charge >= 0.3 is 12.1 Å². The lowest BCUT2D eigenvalue weighted by Crippen LogP contribution is -2.56. The van der Waals surface area contributed by atoms with Gasteiger partial charge in [0.2, 0.25) is 11.8 Å². The fourth-order valence-corrected chi connectivity index (χ4v) is 3.80. The number of carboxylic acids is 1. The van der Waals surface area contributed by atoms with Crippen LogP contribution in [0, 0.1) is 5.41 Å². The third-order valence-electron chi connectivity index (χ3n) is 6.08. The van der Waals surface area contributed by atoms with E-state index in [-0.39, 0.29) is 45.2 Å². The zero-order chi connectivity index (χ0) is 28.1. The Labute approximate surface area is 222 Å². The summed E-state index contributed by atoms with van der Waals surface area (Å²) in [6.45, 7) is 2.98. The van der Waals surface area contributed by atoms with Gasteiger partial charge in [-0.25, -0.2) is 4.79 Å². The van der Waals surface area contributed by atoms with E-state index in [0.717, 1.165) is 12.0 Å². The summed E-state index contributed by atoms with van der Waals surface area (Å²) in [5, 5.41) is 19.3. The Morgan fingerprint density at radius 2 is 1.97 bits per heavy atom. The van der Waals surface area contributed by atoms with Gasteiger partial charge in [0.25, 0.3) is 0 Å². The number of amides is 3. The van der Waals surface area contributed by atoms with Crippen LogP contribution >= 0.6 is 0 Å². The Hall–Kier alpha value is -3.87. The van der Waals surface area contributed by atoms with Crippen LogP contribution in [0.15, 0.2) is 30.3 Å². The van der Waals surface area contributed by atoms with Gasteiger partial charge in [0.15, 0.2) is 5.96 Å². The van der Waals surface area contributed by atoms with E-state index in [4.69, 9.17) is 25.7 Å². The Morgan fingerprint density at radius 1 is 1.26 bits per heavy atom. The van der Waals surface area contributed by atoms with Crippen molar-refractivity contribution < 1.29 is 33.8 Å². The maximum Gasteiger partial charge on any atom is 0.408 e. The maximum atomic E-state index is 13.5. The van der Waals surface area contributed by atoms with Crippen LogP contribution in [-0.2, 0) is 30.5 Å². The van der Waals surface area contributed by atoms with Crippen molar-refractivity contribution in [3.05, 3.63) is 35.9 Å². The van der Waals surface area contributed by atoms with Gasteiger partial charge in [0.05, 0.1) is 26.0 Å². The molecule has 0 radical (unpaired) electrons. The molecule has 1 aromatic carbocycles. The predicted molar refractivity (Wildman–Crippen MR) is 138 cm³/mol. The number of rotatable bonds is 13. The highest BCUT2D eigenvalue weighted by Gasteiger charge is 2.33. The number of ether oxygens (including phenoxy) is 2. The number of nitrogens with zero attached hydrogens (tertiary/aromatic N) is 3. The minimum atomic E-state index is -1.29. The molecular formula is C25H38N6O7. The van der Waals surface area contributed by atoms with E-state index in [1.807, 2.05) is 13.0 Å². The van der Waals surface area contributed by atoms with Crippen LogP contribution in [-0.4, -0.2) is 102 Å². The lowest BCUT2D eigenvalue weighted by molar-refractivity contribution is -0.152. The molecule has 13 heteroatoms. The lowest BCUT2D eigenvalue weighted by atomic mass is 10.1. The smallest absolute Gasteiger partial charge is 0.408 e. The van der Waals surface area contributed by atoms with Crippen molar-refractivity contribution in [2.75, 3.05) is 39.8 Å². The van der Waals surface area contributed by atoms with E-state index in [0.29, 0.717) is 13.0 Å². The molecule has 0 saturated carbocycles. The largest absolute Gasteiger partial charge is 0.481 e. The number of unbranched alkanes of at least 4 members (excludes halogenated alkanes) is 1. The average Bonchev–Trinajstić information content (AvgIpc) is 2.91. The third kappa shape index (κ3) is 9.88. The number of likely N-dealkylation sites (N-methyl/N-ethyl adjacent to an activating group) is 1. The van der Waals surface area contributed by atoms with Crippen molar-refractivity contribution in [3.63, 3.8) is 0 Å². The molecule has 210 valence electrons. The molecule has 1 unspecified atom stereocenters. The summed E-state index contributed by atoms with van der Waals surface area (Å²) in [5.41, 5.74) is 6.32. The third-order valence-corrected chi connectivity index (χ3v) is 6.08. The molecule has 13 nitrogen and oxygen atoms in total. The summed E-state index contributed by atoms with van der Waals surface area (Å²) in [7, 11) is 1.51. The molecular weight excluding hydrogens is 496 g/mol. The van der Waals surface area contributed by atoms with Crippen LogP contribution < -0.4 is 11.1 Å². The number of nitrogens with one attached hydrogen (secondary N) is 2. The van der Waals surface area contributed by atoms with Crippen molar-refractivity contribution >= 4 is 29.8 Å². The zero-order valence-corrected chi connectivity index (χ0v) is 21.9. The highest BCUT2D eigenvalue weighted by atomic mass is 16.5. The molecule has 1 heterocycles. The average molecular weight is 535 g/mol. The fourth-order valence-electron chi connectivity index (χ4n) is 3.80. The number of hydrogen-bond acceptors (Lipinski definition) is 7. The van der Waals surface area contributed by atoms with Crippen molar-refractivity contribution in [2.45, 2.75) is 51.5 Å². The van der Waals surface area contributed by atoms with E-state index in [1.54, 1.807) is 29.2 Å². The van der Waals surface area contributed by atoms with E-state index < -0.39 is 42.6 Å². The highest BCUT2D eigenvalue weighted by molar-refractivity contribution is 5.91. The van der Waals surface area contributed by atoms with E-state index >= 15 is 0 Å². The molecule has 38 heavy (non-hydrogen) atoms. The standard InChI is InChI=1S/C25H38N6O7/c1-3-4-11-30(12-10-22(33)34)23(35)19(28-25(36)38-17-18-8-6-5-7-9-18)15-20(32)29(2)21-16-31(24(26)27)13-14-37-21/h5-9,19,21H,3-4,10-17H2,1-2H3,(H3,26,27)(H,28,36)(H,33,34)/t19-,21?/m0/s1. The van der Waals surface area contributed by atoms with Crippen LogP contribution in [0.25, 0.3) is 0 Å². The Kier molecular flexibility index (Phi) is 12.3. The van der Waals surface area contributed by atoms with Crippen LogP contribution in [0.4, 0.5) is 4.79 Å². The minimum Gasteiger partial charge on any atom is -0.481 e. The van der Waals surface area contributed by atoms with Gasteiger partial charge < -0.3 is 40.3 Å². The molecule has 1 aliphatic heterocycles. The normalized spacial score (nSPS) is 15.7. The van der Waals surface area contributed by atoms with Crippen LogP contribution in [0.1, 0.15) is 38.2 Å². The van der Waals surface area contributed by atoms with Crippen molar-refractivity contribution in [1.82, 2.24) is 20.0 Å². The molecule has 1 fully saturated rings. The first-order chi connectivity index (χ1) is 18.1. The Bertz CT molecular complexity index is 961. The number of nitrogens with two attached hydrogens (primary N) is 1. The van der Waals surface area contributed by atoms with Crippen LogP contribution in [0.3, 0.4) is 0 Å². The van der Waals surface area contributed by atoms with E-state index in [2.05, 4.69) is 5.32 Å². The molecule has 2 rings (SSSR count). The van der Waals surface area contributed by atoms with Gasteiger partial charge in [0, 0.05) is 26.7 Å². The Morgan fingerprint density at radius 3 is 2.61 bits per heavy atom. The lowest BCUT2D eigenvalue weighted by Gasteiger charge is -2.38. The molecule has 2 atom stereocenters. The number of carboxylic acid groups (broad SMARTS) is 1. The summed E-state index contributed by atoms with van der Waals surface area (Å²) < 4.78 is 10.9. The highest BCUT2D eigenvalue weighted by Crippen LogP contribution is 2.13. The molecule has 3 amide bonds.